The second-order valence-corrected chi connectivity index (χ2v) is 12.4. The average molecular weight is 514 g/mol. The SMILES string of the molecule is CN(C)S(=O)(=O)c1ccc(NC(=O)/C(=C/C2C[C@@H](F)[C@@H](F)C2)c2ccc(S(C)(=O)=O)cc2)nc1. The van der Waals surface area contributed by atoms with Gasteiger partial charge < -0.3 is 5.32 Å². The normalized spacial score (nSPS) is 21.6. The Morgan fingerprint density at radius 3 is 2.03 bits per heavy atom. The second-order valence-electron chi connectivity index (χ2n) is 8.26. The lowest BCUT2D eigenvalue weighted by Gasteiger charge is -2.13. The first-order valence-electron chi connectivity index (χ1n) is 10.3. The first kappa shape index (κ1) is 25.9. The molecule has 8 nitrogen and oxygen atoms in total. The Bertz CT molecular complexity index is 1280. The molecule has 34 heavy (non-hydrogen) atoms. The molecule has 0 aliphatic heterocycles. The quantitative estimate of drug-likeness (QED) is 0.570. The van der Waals surface area contributed by atoms with Gasteiger partial charge in [-0.15, -0.1) is 0 Å². The highest BCUT2D eigenvalue weighted by Crippen LogP contribution is 2.34. The number of amides is 1. The summed E-state index contributed by atoms with van der Waals surface area (Å²) in [5.74, 6) is -1.10. The number of nitrogens with one attached hydrogen (secondary N) is 1. The zero-order valence-corrected chi connectivity index (χ0v) is 20.4. The lowest BCUT2D eigenvalue weighted by Crippen LogP contribution is -2.22. The monoisotopic (exact) mass is 513 g/mol. The van der Waals surface area contributed by atoms with Crippen molar-refractivity contribution in [2.24, 2.45) is 5.92 Å². The van der Waals surface area contributed by atoms with Gasteiger partial charge in [0.25, 0.3) is 5.91 Å². The summed E-state index contributed by atoms with van der Waals surface area (Å²) in [6.07, 6.45) is 0.245. The number of carbonyl (C=O) groups excluding carboxylic acids is 1. The molecule has 12 heteroatoms. The van der Waals surface area contributed by atoms with Crippen LogP contribution >= 0.6 is 0 Å². The van der Waals surface area contributed by atoms with E-state index in [1.165, 1.54) is 56.6 Å². The smallest absolute Gasteiger partial charge is 0.257 e. The molecule has 1 heterocycles. The van der Waals surface area contributed by atoms with Crippen LogP contribution in [0.5, 0.6) is 0 Å². The number of benzene rings is 1. The van der Waals surface area contributed by atoms with Crippen LogP contribution in [-0.2, 0) is 24.7 Å². The molecule has 2 aromatic rings. The molecule has 1 aromatic heterocycles. The molecular formula is C22H25F2N3O5S2. The lowest BCUT2D eigenvalue weighted by molar-refractivity contribution is -0.111. The number of pyridine rings is 1. The molecule has 1 fully saturated rings. The molecule has 1 aromatic carbocycles. The topological polar surface area (TPSA) is 114 Å². The van der Waals surface area contributed by atoms with Crippen LogP contribution in [0.25, 0.3) is 5.57 Å². The summed E-state index contributed by atoms with van der Waals surface area (Å²) in [4.78, 5) is 17.1. The number of rotatable bonds is 7. The van der Waals surface area contributed by atoms with Gasteiger partial charge in [-0.1, -0.05) is 18.2 Å². The number of nitrogens with zero attached hydrogens (tertiary/aromatic N) is 2. The zero-order chi connectivity index (χ0) is 25.3. The van der Waals surface area contributed by atoms with Gasteiger partial charge in [-0.05, 0) is 48.6 Å². The third-order valence-corrected chi connectivity index (χ3v) is 8.37. The van der Waals surface area contributed by atoms with E-state index in [0.717, 1.165) is 16.8 Å². The summed E-state index contributed by atoms with van der Waals surface area (Å²) in [5.41, 5.74) is 0.451. The number of halogens is 2. The van der Waals surface area contributed by atoms with Crippen molar-refractivity contribution in [3.05, 3.63) is 54.2 Å². The average Bonchev–Trinajstić information content (AvgIpc) is 3.08. The fourth-order valence-corrected chi connectivity index (χ4v) is 5.01. The largest absolute Gasteiger partial charge is 0.307 e. The molecule has 184 valence electrons. The number of sulfonamides is 1. The Balaban J connectivity index is 1.91. The van der Waals surface area contributed by atoms with Crippen LogP contribution in [0, 0.1) is 5.92 Å². The van der Waals surface area contributed by atoms with E-state index in [4.69, 9.17) is 0 Å². The molecule has 0 saturated heterocycles. The van der Waals surface area contributed by atoms with Crippen LogP contribution in [-0.4, -0.2) is 64.7 Å². The number of sulfone groups is 1. The predicted molar refractivity (Wildman–Crippen MR) is 124 cm³/mol. The van der Waals surface area contributed by atoms with Crippen LogP contribution in [0.4, 0.5) is 14.6 Å². The Morgan fingerprint density at radius 2 is 1.56 bits per heavy atom. The van der Waals surface area contributed by atoms with Crippen LogP contribution in [0.2, 0.25) is 0 Å². The van der Waals surface area contributed by atoms with Gasteiger partial charge >= 0.3 is 0 Å². The highest BCUT2D eigenvalue weighted by Gasteiger charge is 2.34. The van der Waals surface area contributed by atoms with E-state index in [2.05, 4.69) is 10.3 Å². The minimum absolute atomic E-state index is 0.0587. The van der Waals surface area contributed by atoms with Crippen LogP contribution in [0.15, 0.2) is 58.5 Å². The summed E-state index contributed by atoms with van der Waals surface area (Å²) in [5, 5.41) is 2.56. The number of alkyl halides is 2. The Morgan fingerprint density at radius 1 is 1.00 bits per heavy atom. The highest BCUT2D eigenvalue weighted by molar-refractivity contribution is 7.90. The molecule has 1 amide bonds. The fourth-order valence-electron chi connectivity index (χ4n) is 3.53. The fraction of sp³-hybridized carbons (Fsp3) is 0.364. The maximum atomic E-state index is 13.7. The molecule has 1 unspecified atom stereocenters. The standard InChI is InChI=1S/C22H25F2N3O5S2/c1-27(2)34(31,32)17-8-9-21(25-13-17)26-22(28)18(10-14-11-19(23)20(24)12-14)15-4-6-16(7-5-15)33(3,29)30/h4-10,13-14,19-20H,11-12H2,1-3H3,(H,25,26,28)/b18-10+/t14?,19-,20+. The van der Waals surface area contributed by atoms with E-state index in [0.29, 0.717) is 5.56 Å². The summed E-state index contributed by atoms with van der Waals surface area (Å²) < 4.78 is 76.3. The highest BCUT2D eigenvalue weighted by atomic mass is 32.2. The van der Waals surface area contributed by atoms with Crippen LogP contribution in [0.1, 0.15) is 18.4 Å². The molecule has 1 aliphatic carbocycles. The van der Waals surface area contributed by atoms with Gasteiger partial charge in [0, 0.05) is 32.1 Å². The Kier molecular flexibility index (Phi) is 7.53. The summed E-state index contributed by atoms with van der Waals surface area (Å²) in [7, 11) is -4.39. The Labute approximate surface area is 197 Å². The third-order valence-electron chi connectivity index (χ3n) is 5.45. The summed E-state index contributed by atoms with van der Waals surface area (Å²) in [6.45, 7) is 0. The van der Waals surface area contributed by atoms with Gasteiger partial charge in [0.15, 0.2) is 9.84 Å². The minimum Gasteiger partial charge on any atom is -0.307 e. The zero-order valence-electron chi connectivity index (χ0n) is 18.8. The number of hydrogen-bond donors (Lipinski definition) is 1. The van der Waals surface area contributed by atoms with E-state index in [1.54, 1.807) is 0 Å². The number of hydrogen-bond acceptors (Lipinski definition) is 6. The van der Waals surface area contributed by atoms with Crippen molar-refractivity contribution in [2.45, 2.75) is 35.0 Å². The van der Waals surface area contributed by atoms with Gasteiger partial charge in [-0.2, -0.15) is 0 Å². The van der Waals surface area contributed by atoms with Crippen molar-refractivity contribution < 1.29 is 30.4 Å². The third kappa shape index (κ3) is 5.86. The first-order chi connectivity index (χ1) is 15.8. The van der Waals surface area contributed by atoms with Crippen molar-refractivity contribution in [2.75, 3.05) is 25.7 Å². The molecule has 1 aliphatic rings. The summed E-state index contributed by atoms with van der Waals surface area (Å²) >= 11 is 0. The second kappa shape index (κ2) is 9.88. The Hall–Kier alpha value is -2.70. The maximum Gasteiger partial charge on any atom is 0.257 e. The van der Waals surface area contributed by atoms with Gasteiger partial charge in [0.1, 0.15) is 23.1 Å². The van der Waals surface area contributed by atoms with Crippen molar-refractivity contribution in [1.82, 2.24) is 9.29 Å². The molecule has 0 radical (unpaired) electrons. The number of aromatic nitrogens is 1. The van der Waals surface area contributed by atoms with E-state index < -0.39 is 44.0 Å². The molecular weight excluding hydrogens is 488 g/mol. The number of anilines is 1. The van der Waals surface area contributed by atoms with Crippen molar-refractivity contribution in [1.29, 1.82) is 0 Å². The number of allylic oxidation sites excluding steroid dienone is 1. The van der Waals surface area contributed by atoms with Crippen molar-refractivity contribution >= 4 is 37.2 Å². The molecule has 3 atom stereocenters. The van der Waals surface area contributed by atoms with E-state index in [-0.39, 0.29) is 34.0 Å². The molecule has 0 spiro atoms. The van der Waals surface area contributed by atoms with Gasteiger partial charge in [0.05, 0.1) is 4.90 Å². The van der Waals surface area contributed by atoms with E-state index in [1.807, 2.05) is 0 Å². The van der Waals surface area contributed by atoms with E-state index >= 15 is 0 Å². The van der Waals surface area contributed by atoms with Crippen LogP contribution in [0.3, 0.4) is 0 Å². The summed E-state index contributed by atoms with van der Waals surface area (Å²) in [6, 6.07) is 8.18. The van der Waals surface area contributed by atoms with Crippen molar-refractivity contribution in [3.8, 4) is 0 Å². The van der Waals surface area contributed by atoms with Crippen molar-refractivity contribution in [3.63, 3.8) is 0 Å². The lowest BCUT2D eigenvalue weighted by atomic mass is 9.98. The van der Waals surface area contributed by atoms with Crippen LogP contribution < -0.4 is 5.32 Å². The number of carbonyl (C=O) groups is 1. The predicted octanol–water partition coefficient (Wildman–Crippen LogP) is 2.84. The molecule has 1 N–H and O–H groups in total. The first-order valence-corrected chi connectivity index (χ1v) is 13.6. The van der Waals surface area contributed by atoms with E-state index in [9.17, 15) is 30.4 Å². The molecule has 1 saturated carbocycles. The van der Waals surface area contributed by atoms with Gasteiger partial charge in [-0.3, -0.25) is 4.79 Å². The minimum atomic E-state index is -3.70. The maximum absolute atomic E-state index is 13.7. The molecule has 0 bridgehead atoms. The van der Waals surface area contributed by atoms with Gasteiger partial charge in [0.2, 0.25) is 10.0 Å². The molecule has 3 rings (SSSR count). The van der Waals surface area contributed by atoms with Gasteiger partial charge in [-0.25, -0.2) is 34.9 Å².